The molecule has 2 rings (SSSR count). The summed E-state index contributed by atoms with van der Waals surface area (Å²) in [5.41, 5.74) is 0.622. The number of halogens is 2. The van der Waals surface area contributed by atoms with Crippen molar-refractivity contribution in [3.05, 3.63) is 35.4 Å². The Morgan fingerprint density at radius 2 is 2.17 bits per heavy atom. The highest BCUT2D eigenvalue weighted by atomic mass is 19.2. The molecule has 0 bridgehead atoms. The smallest absolute Gasteiger partial charge is 0.310 e. The zero-order chi connectivity index (χ0) is 13.1. The minimum atomic E-state index is -0.887. The number of rotatable bonds is 3. The summed E-state index contributed by atoms with van der Waals surface area (Å²) in [6, 6.07) is 3.76. The van der Waals surface area contributed by atoms with Gasteiger partial charge in [-0.3, -0.25) is 4.79 Å². The van der Waals surface area contributed by atoms with Gasteiger partial charge in [-0.2, -0.15) is 0 Å². The second kappa shape index (κ2) is 5.44. The lowest BCUT2D eigenvalue weighted by molar-refractivity contribution is -0.147. The highest BCUT2D eigenvalue weighted by Crippen LogP contribution is 2.29. The predicted molar refractivity (Wildman–Crippen MR) is 62.1 cm³/mol. The summed E-state index contributed by atoms with van der Waals surface area (Å²) in [7, 11) is 0. The molecule has 0 saturated carbocycles. The maximum Gasteiger partial charge on any atom is 0.310 e. The molecule has 1 fully saturated rings. The first-order chi connectivity index (χ1) is 8.63. The SMILES string of the molecule is CCOC(=O)C1CNCC1c1ccc(F)c(F)c1. The van der Waals surface area contributed by atoms with E-state index in [-0.39, 0.29) is 17.8 Å². The monoisotopic (exact) mass is 255 g/mol. The third-order valence-electron chi connectivity index (χ3n) is 3.18. The number of esters is 1. The topological polar surface area (TPSA) is 38.3 Å². The molecule has 0 radical (unpaired) electrons. The summed E-state index contributed by atoms with van der Waals surface area (Å²) in [5.74, 6) is -2.56. The normalized spacial score (nSPS) is 23.1. The van der Waals surface area contributed by atoms with Crippen LogP contribution in [0.1, 0.15) is 18.4 Å². The number of hydrogen-bond acceptors (Lipinski definition) is 3. The van der Waals surface area contributed by atoms with Gasteiger partial charge in [0.05, 0.1) is 12.5 Å². The van der Waals surface area contributed by atoms with E-state index in [0.29, 0.717) is 25.3 Å². The van der Waals surface area contributed by atoms with Gasteiger partial charge in [0, 0.05) is 19.0 Å². The van der Waals surface area contributed by atoms with Crippen LogP contribution in [0.3, 0.4) is 0 Å². The van der Waals surface area contributed by atoms with Crippen LogP contribution in [0.5, 0.6) is 0 Å². The first-order valence-electron chi connectivity index (χ1n) is 5.95. The zero-order valence-electron chi connectivity index (χ0n) is 10.1. The van der Waals surface area contributed by atoms with E-state index in [4.69, 9.17) is 4.74 Å². The molecule has 1 aliphatic rings. The number of hydrogen-bond donors (Lipinski definition) is 1. The second-order valence-electron chi connectivity index (χ2n) is 4.30. The van der Waals surface area contributed by atoms with Gasteiger partial charge < -0.3 is 10.1 Å². The van der Waals surface area contributed by atoms with Crippen LogP contribution in [-0.4, -0.2) is 25.7 Å². The van der Waals surface area contributed by atoms with Gasteiger partial charge in [-0.25, -0.2) is 8.78 Å². The maximum absolute atomic E-state index is 13.2. The molecule has 0 spiro atoms. The summed E-state index contributed by atoms with van der Waals surface area (Å²) in [5, 5.41) is 3.08. The van der Waals surface area contributed by atoms with Crippen LogP contribution in [-0.2, 0) is 9.53 Å². The molecule has 0 aromatic heterocycles. The van der Waals surface area contributed by atoms with Gasteiger partial charge in [0.15, 0.2) is 11.6 Å². The van der Waals surface area contributed by atoms with Gasteiger partial charge in [0.25, 0.3) is 0 Å². The average molecular weight is 255 g/mol. The Kier molecular flexibility index (Phi) is 3.91. The van der Waals surface area contributed by atoms with Crippen LogP contribution in [0.2, 0.25) is 0 Å². The number of benzene rings is 1. The predicted octanol–water partition coefficient (Wildman–Crippen LogP) is 1.83. The summed E-state index contributed by atoms with van der Waals surface area (Å²) in [4.78, 5) is 11.8. The minimum absolute atomic E-state index is 0.167. The Labute approximate surface area is 104 Å². The molecule has 0 aliphatic carbocycles. The quantitative estimate of drug-likeness (QED) is 0.837. The summed E-state index contributed by atoms with van der Waals surface area (Å²) in [6.45, 7) is 3.13. The first kappa shape index (κ1) is 13.0. The maximum atomic E-state index is 13.2. The van der Waals surface area contributed by atoms with E-state index < -0.39 is 11.6 Å². The molecule has 3 nitrogen and oxygen atoms in total. The van der Waals surface area contributed by atoms with Gasteiger partial charge in [-0.1, -0.05) is 6.07 Å². The van der Waals surface area contributed by atoms with Crippen molar-refractivity contribution in [2.45, 2.75) is 12.8 Å². The van der Waals surface area contributed by atoms with Crippen LogP contribution in [0.15, 0.2) is 18.2 Å². The Morgan fingerprint density at radius 1 is 1.39 bits per heavy atom. The summed E-state index contributed by atoms with van der Waals surface area (Å²) < 4.78 is 31.1. The number of nitrogens with one attached hydrogen (secondary N) is 1. The average Bonchev–Trinajstić information content (AvgIpc) is 2.82. The molecule has 2 atom stereocenters. The molecule has 18 heavy (non-hydrogen) atoms. The van der Waals surface area contributed by atoms with Crippen molar-refractivity contribution in [2.24, 2.45) is 5.92 Å². The number of carbonyl (C=O) groups is 1. The molecule has 2 unspecified atom stereocenters. The van der Waals surface area contributed by atoms with Crippen LogP contribution < -0.4 is 5.32 Å². The Bertz CT molecular complexity index is 451. The highest BCUT2D eigenvalue weighted by molar-refractivity contribution is 5.74. The Balaban J connectivity index is 2.20. The van der Waals surface area contributed by atoms with Crippen LogP contribution in [0, 0.1) is 17.6 Å². The standard InChI is InChI=1S/C13H15F2NO2/c1-2-18-13(17)10-7-16-6-9(10)8-3-4-11(14)12(15)5-8/h3-5,9-10,16H,2,6-7H2,1H3. The van der Waals surface area contributed by atoms with Crippen molar-refractivity contribution >= 4 is 5.97 Å². The fourth-order valence-electron chi connectivity index (χ4n) is 2.27. The molecular weight excluding hydrogens is 240 g/mol. The largest absolute Gasteiger partial charge is 0.466 e. The van der Waals surface area contributed by atoms with Crippen molar-refractivity contribution in [2.75, 3.05) is 19.7 Å². The van der Waals surface area contributed by atoms with Crippen molar-refractivity contribution in [1.82, 2.24) is 5.32 Å². The molecule has 1 N–H and O–H groups in total. The molecule has 5 heteroatoms. The lowest BCUT2D eigenvalue weighted by atomic mass is 9.89. The van der Waals surface area contributed by atoms with Crippen molar-refractivity contribution in [3.63, 3.8) is 0 Å². The Morgan fingerprint density at radius 3 is 2.83 bits per heavy atom. The van der Waals surface area contributed by atoms with Crippen LogP contribution in [0.25, 0.3) is 0 Å². The van der Waals surface area contributed by atoms with E-state index in [1.807, 2.05) is 0 Å². The zero-order valence-corrected chi connectivity index (χ0v) is 10.1. The molecule has 98 valence electrons. The fraction of sp³-hybridized carbons (Fsp3) is 0.462. The molecule has 1 aliphatic heterocycles. The molecule has 1 aromatic rings. The van der Waals surface area contributed by atoms with Gasteiger partial charge in [-0.05, 0) is 24.6 Å². The number of ether oxygens (including phenoxy) is 1. The highest BCUT2D eigenvalue weighted by Gasteiger charge is 2.35. The first-order valence-corrected chi connectivity index (χ1v) is 5.95. The summed E-state index contributed by atoms with van der Waals surface area (Å²) >= 11 is 0. The Hall–Kier alpha value is -1.49. The molecule has 0 amide bonds. The number of carbonyl (C=O) groups excluding carboxylic acids is 1. The third-order valence-corrected chi connectivity index (χ3v) is 3.18. The minimum Gasteiger partial charge on any atom is -0.466 e. The van der Waals surface area contributed by atoms with E-state index in [1.165, 1.54) is 6.07 Å². The molecule has 1 heterocycles. The fourth-order valence-corrected chi connectivity index (χ4v) is 2.27. The van der Waals surface area contributed by atoms with Crippen molar-refractivity contribution in [3.8, 4) is 0 Å². The van der Waals surface area contributed by atoms with Crippen LogP contribution in [0.4, 0.5) is 8.78 Å². The lowest BCUT2D eigenvalue weighted by Crippen LogP contribution is -2.24. The lowest BCUT2D eigenvalue weighted by Gasteiger charge is -2.17. The van der Waals surface area contributed by atoms with Gasteiger partial charge in [-0.15, -0.1) is 0 Å². The van der Waals surface area contributed by atoms with Crippen molar-refractivity contribution < 1.29 is 18.3 Å². The van der Waals surface area contributed by atoms with E-state index in [1.54, 1.807) is 6.92 Å². The van der Waals surface area contributed by atoms with E-state index in [0.717, 1.165) is 12.1 Å². The van der Waals surface area contributed by atoms with Gasteiger partial charge in [0.1, 0.15) is 0 Å². The third kappa shape index (κ3) is 2.51. The van der Waals surface area contributed by atoms with E-state index >= 15 is 0 Å². The summed E-state index contributed by atoms with van der Waals surface area (Å²) in [6.07, 6.45) is 0. The van der Waals surface area contributed by atoms with Crippen LogP contribution >= 0.6 is 0 Å². The van der Waals surface area contributed by atoms with Gasteiger partial charge in [0.2, 0.25) is 0 Å². The van der Waals surface area contributed by atoms with Gasteiger partial charge >= 0.3 is 5.97 Å². The van der Waals surface area contributed by atoms with E-state index in [9.17, 15) is 13.6 Å². The second-order valence-corrected chi connectivity index (χ2v) is 4.30. The molecular formula is C13H15F2NO2. The van der Waals surface area contributed by atoms with E-state index in [2.05, 4.69) is 5.32 Å². The van der Waals surface area contributed by atoms with Crippen molar-refractivity contribution in [1.29, 1.82) is 0 Å². The molecule has 1 saturated heterocycles. The molecule has 1 aromatic carbocycles.